The van der Waals surface area contributed by atoms with E-state index >= 15 is 0 Å². The first-order chi connectivity index (χ1) is 13.1. The summed E-state index contributed by atoms with van der Waals surface area (Å²) in [5, 5.41) is 4.02. The molecule has 3 aromatic carbocycles. The van der Waals surface area contributed by atoms with Crippen LogP contribution in [0.25, 0.3) is 0 Å². The number of carbonyl (C=O) groups excluding carboxylic acids is 1. The Kier molecular flexibility index (Phi) is 6.79. The van der Waals surface area contributed by atoms with Gasteiger partial charge in [-0.1, -0.05) is 62.2 Å². The number of nitrogens with one attached hydrogen (secondary N) is 1. The summed E-state index contributed by atoms with van der Waals surface area (Å²) in [4.78, 5) is 12.1. The Balaban J connectivity index is 1.57. The van der Waals surface area contributed by atoms with Crippen molar-refractivity contribution in [2.45, 2.75) is 6.61 Å². The Morgan fingerprint density at radius 2 is 1.74 bits per heavy atom. The van der Waals surface area contributed by atoms with Gasteiger partial charge in [0.05, 0.1) is 6.21 Å². The summed E-state index contributed by atoms with van der Waals surface area (Å²) in [6.07, 6.45) is 1.59. The number of benzene rings is 3. The van der Waals surface area contributed by atoms with Crippen LogP contribution in [0.1, 0.15) is 21.5 Å². The fraction of sp³-hybridized carbons (Fsp3) is 0.0476. The number of halogens is 2. The molecule has 136 valence electrons. The van der Waals surface area contributed by atoms with Gasteiger partial charge in [-0.25, -0.2) is 5.43 Å². The Morgan fingerprint density at radius 3 is 2.52 bits per heavy atom. The van der Waals surface area contributed by atoms with Crippen molar-refractivity contribution in [2.75, 3.05) is 0 Å². The lowest BCUT2D eigenvalue weighted by atomic mass is 10.2. The highest BCUT2D eigenvalue weighted by molar-refractivity contribution is 9.10. The zero-order valence-electron chi connectivity index (χ0n) is 14.2. The smallest absolute Gasteiger partial charge is 0.271 e. The molecule has 0 bridgehead atoms. The highest BCUT2D eigenvalue weighted by Gasteiger charge is 2.04. The average molecular weight is 488 g/mol. The third-order valence-electron chi connectivity index (χ3n) is 3.64. The van der Waals surface area contributed by atoms with E-state index in [1.165, 1.54) is 0 Å². The molecule has 0 aliphatic rings. The lowest BCUT2D eigenvalue weighted by molar-refractivity contribution is 0.0955. The molecule has 3 aromatic rings. The van der Waals surface area contributed by atoms with Gasteiger partial charge in [-0.15, -0.1) is 0 Å². The largest absolute Gasteiger partial charge is 0.489 e. The van der Waals surface area contributed by atoms with E-state index in [2.05, 4.69) is 42.4 Å². The number of carbonyl (C=O) groups is 1. The maximum absolute atomic E-state index is 12.1. The van der Waals surface area contributed by atoms with Crippen molar-refractivity contribution < 1.29 is 9.53 Å². The fourth-order valence-corrected chi connectivity index (χ4v) is 2.96. The van der Waals surface area contributed by atoms with E-state index in [4.69, 9.17) is 4.74 Å². The van der Waals surface area contributed by atoms with Gasteiger partial charge in [-0.2, -0.15) is 5.10 Å². The number of amides is 1. The van der Waals surface area contributed by atoms with Crippen molar-refractivity contribution in [3.05, 3.63) is 98.4 Å². The average Bonchev–Trinajstić information content (AvgIpc) is 2.68. The molecule has 6 heteroatoms. The second-order valence-corrected chi connectivity index (χ2v) is 7.53. The molecule has 0 aliphatic carbocycles. The molecule has 0 fully saturated rings. The first-order valence-corrected chi connectivity index (χ1v) is 9.75. The van der Waals surface area contributed by atoms with Crippen molar-refractivity contribution in [1.29, 1.82) is 0 Å². The molecular weight excluding hydrogens is 472 g/mol. The zero-order valence-corrected chi connectivity index (χ0v) is 17.4. The van der Waals surface area contributed by atoms with Crippen LogP contribution in [0.15, 0.2) is 86.8 Å². The topological polar surface area (TPSA) is 50.7 Å². The summed E-state index contributed by atoms with van der Waals surface area (Å²) in [7, 11) is 0. The molecule has 0 aliphatic heterocycles. The Labute approximate surface area is 174 Å². The number of hydrogen-bond donors (Lipinski definition) is 1. The Bertz CT molecular complexity index is 956. The van der Waals surface area contributed by atoms with Gasteiger partial charge in [-0.3, -0.25) is 4.79 Å². The van der Waals surface area contributed by atoms with Gasteiger partial charge in [0.15, 0.2) is 0 Å². The van der Waals surface area contributed by atoms with Gasteiger partial charge in [0.2, 0.25) is 0 Å². The van der Waals surface area contributed by atoms with Crippen molar-refractivity contribution in [2.24, 2.45) is 5.10 Å². The van der Waals surface area contributed by atoms with Crippen molar-refractivity contribution in [3.8, 4) is 5.75 Å². The van der Waals surface area contributed by atoms with Crippen LogP contribution in [0.5, 0.6) is 5.75 Å². The summed E-state index contributed by atoms with van der Waals surface area (Å²) in [5.74, 6) is 0.468. The number of ether oxygens (including phenoxy) is 1. The molecule has 27 heavy (non-hydrogen) atoms. The number of hydrogen-bond acceptors (Lipinski definition) is 3. The van der Waals surface area contributed by atoms with E-state index in [0.29, 0.717) is 12.2 Å². The SMILES string of the molecule is O=C(N/N=C\c1cccc(OCc2ccc(Br)cc2)c1)c1cccc(Br)c1. The molecule has 0 saturated carbocycles. The maximum atomic E-state index is 12.1. The second-order valence-electron chi connectivity index (χ2n) is 5.70. The van der Waals surface area contributed by atoms with Crippen LogP contribution in [0.2, 0.25) is 0 Å². The summed E-state index contributed by atoms with van der Waals surface area (Å²) in [6, 6.07) is 22.6. The van der Waals surface area contributed by atoms with E-state index in [0.717, 1.165) is 25.8 Å². The molecule has 3 rings (SSSR count). The Hall–Kier alpha value is -2.44. The van der Waals surface area contributed by atoms with E-state index in [1.807, 2.05) is 54.6 Å². The normalized spacial score (nSPS) is 10.7. The predicted molar refractivity (Wildman–Crippen MR) is 114 cm³/mol. The predicted octanol–water partition coefficient (Wildman–Crippen LogP) is 5.55. The van der Waals surface area contributed by atoms with Crippen LogP contribution in [-0.4, -0.2) is 12.1 Å². The second kappa shape index (κ2) is 9.48. The molecule has 0 radical (unpaired) electrons. The van der Waals surface area contributed by atoms with Gasteiger partial charge in [-0.05, 0) is 53.6 Å². The highest BCUT2D eigenvalue weighted by Crippen LogP contribution is 2.16. The van der Waals surface area contributed by atoms with E-state index in [-0.39, 0.29) is 5.91 Å². The summed E-state index contributed by atoms with van der Waals surface area (Å²) in [6.45, 7) is 0.480. The van der Waals surface area contributed by atoms with Crippen LogP contribution in [-0.2, 0) is 6.61 Å². The van der Waals surface area contributed by atoms with Crippen molar-refractivity contribution in [3.63, 3.8) is 0 Å². The lowest BCUT2D eigenvalue weighted by Crippen LogP contribution is -2.17. The first-order valence-electron chi connectivity index (χ1n) is 8.16. The van der Waals surface area contributed by atoms with Gasteiger partial charge in [0.25, 0.3) is 5.91 Å². The molecule has 0 unspecified atom stereocenters. The van der Waals surface area contributed by atoms with E-state index < -0.39 is 0 Å². The van der Waals surface area contributed by atoms with Crippen molar-refractivity contribution >= 4 is 44.0 Å². The molecule has 4 nitrogen and oxygen atoms in total. The van der Waals surface area contributed by atoms with Gasteiger partial charge in [0.1, 0.15) is 12.4 Å². The van der Waals surface area contributed by atoms with Crippen LogP contribution >= 0.6 is 31.9 Å². The van der Waals surface area contributed by atoms with Gasteiger partial charge in [0, 0.05) is 14.5 Å². The summed E-state index contributed by atoms with van der Waals surface area (Å²) in [5.41, 5.74) is 4.97. The van der Waals surface area contributed by atoms with Gasteiger partial charge < -0.3 is 4.74 Å². The molecular formula is C21H16Br2N2O2. The molecule has 0 aromatic heterocycles. The van der Waals surface area contributed by atoms with E-state index in [1.54, 1.807) is 24.4 Å². The molecule has 1 N–H and O–H groups in total. The zero-order chi connectivity index (χ0) is 19.1. The Morgan fingerprint density at radius 1 is 0.963 bits per heavy atom. The van der Waals surface area contributed by atoms with Crippen molar-refractivity contribution in [1.82, 2.24) is 5.43 Å². The summed E-state index contributed by atoms with van der Waals surface area (Å²) < 4.78 is 7.69. The fourth-order valence-electron chi connectivity index (χ4n) is 2.29. The van der Waals surface area contributed by atoms with Crippen LogP contribution in [0.4, 0.5) is 0 Å². The minimum absolute atomic E-state index is 0.268. The monoisotopic (exact) mass is 486 g/mol. The minimum Gasteiger partial charge on any atom is -0.489 e. The number of rotatable bonds is 6. The highest BCUT2D eigenvalue weighted by atomic mass is 79.9. The van der Waals surface area contributed by atoms with Crippen LogP contribution < -0.4 is 10.2 Å². The third-order valence-corrected chi connectivity index (χ3v) is 4.67. The third kappa shape index (κ3) is 6.05. The first kappa shape index (κ1) is 19.3. The number of hydrazone groups is 1. The van der Waals surface area contributed by atoms with E-state index in [9.17, 15) is 4.79 Å². The number of nitrogens with zero attached hydrogens (tertiary/aromatic N) is 1. The lowest BCUT2D eigenvalue weighted by Gasteiger charge is -2.07. The molecule has 0 atom stereocenters. The molecule has 0 saturated heterocycles. The van der Waals surface area contributed by atoms with Crippen LogP contribution in [0.3, 0.4) is 0 Å². The minimum atomic E-state index is -0.268. The standard InChI is InChI=1S/C21H16Br2N2O2/c22-18-9-7-15(8-10-18)14-27-20-6-1-3-16(11-20)13-24-25-21(26)17-4-2-5-19(23)12-17/h1-13H,14H2,(H,25,26)/b24-13-. The van der Waals surface area contributed by atoms with Gasteiger partial charge >= 0.3 is 0 Å². The molecule has 0 heterocycles. The van der Waals surface area contributed by atoms with Crippen LogP contribution in [0, 0.1) is 0 Å². The maximum Gasteiger partial charge on any atom is 0.271 e. The quantitative estimate of drug-likeness (QED) is 0.365. The molecule has 0 spiro atoms. The molecule has 1 amide bonds. The summed E-state index contributed by atoms with van der Waals surface area (Å²) >= 11 is 6.76.